The van der Waals surface area contributed by atoms with Crippen LogP contribution in [0.4, 0.5) is 33.7 Å². The second kappa shape index (κ2) is 17.9. The van der Waals surface area contributed by atoms with E-state index in [2.05, 4.69) is 11.4 Å². The van der Waals surface area contributed by atoms with E-state index >= 15 is 0 Å². The molecule has 0 aromatic heterocycles. The van der Waals surface area contributed by atoms with Gasteiger partial charge in [-0.2, -0.15) is 0 Å². The standard InChI is InChI=1S/C23H27F2NO3.C18H19F2NO.ClH/c1-15(11-16-5-6-18(24)13-20(16)25)14-28-19-7-8-21-17(12-19)9-10-26(21)22(27)29-23(2,3)4;1-12(8-13-2-3-15(19)10-17(13)20)11-22-16-4-5-18-14(9-16)6-7-21-18;/h5-8,12-13,15H,9-11,14H2,1-4H3;2-5,9-10,12,21H,6-8,11H2,1H3;1H. The lowest BCUT2D eigenvalue weighted by molar-refractivity contribution is 0.0584. The number of halogens is 5. The summed E-state index contributed by atoms with van der Waals surface area (Å²) in [5.41, 5.74) is 4.78. The molecule has 4 aromatic carbocycles. The maximum atomic E-state index is 13.8. The van der Waals surface area contributed by atoms with Crippen LogP contribution < -0.4 is 19.7 Å². The van der Waals surface area contributed by atoms with Gasteiger partial charge in [-0.05, 0) is 129 Å². The summed E-state index contributed by atoms with van der Waals surface area (Å²) < 4.78 is 70.5. The summed E-state index contributed by atoms with van der Waals surface area (Å²) >= 11 is 0. The second-order valence-corrected chi connectivity index (χ2v) is 14.4. The third-order valence-corrected chi connectivity index (χ3v) is 8.58. The number of fused-ring (bicyclic) bond motifs is 2. The summed E-state index contributed by atoms with van der Waals surface area (Å²) in [7, 11) is 0. The van der Waals surface area contributed by atoms with Crippen LogP contribution in [0.25, 0.3) is 0 Å². The van der Waals surface area contributed by atoms with Gasteiger partial charge in [-0.25, -0.2) is 22.4 Å². The molecule has 0 spiro atoms. The number of hydrogen-bond acceptors (Lipinski definition) is 5. The van der Waals surface area contributed by atoms with Crippen LogP contribution in [0.15, 0.2) is 72.8 Å². The quantitative estimate of drug-likeness (QED) is 0.164. The minimum atomic E-state index is -0.575. The molecule has 2 heterocycles. The van der Waals surface area contributed by atoms with Crippen LogP contribution in [0.5, 0.6) is 11.5 Å². The van der Waals surface area contributed by atoms with Crippen molar-refractivity contribution >= 4 is 29.9 Å². The molecule has 2 aliphatic rings. The molecule has 280 valence electrons. The average Bonchev–Trinajstić information content (AvgIpc) is 3.72. The first kappa shape index (κ1) is 40.3. The van der Waals surface area contributed by atoms with E-state index in [0.717, 1.165) is 48.5 Å². The van der Waals surface area contributed by atoms with Gasteiger partial charge in [0.25, 0.3) is 0 Å². The Balaban J connectivity index is 0.000000236. The first-order chi connectivity index (χ1) is 24.2. The van der Waals surface area contributed by atoms with E-state index in [1.54, 1.807) is 4.90 Å². The number of carbonyl (C=O) groups excluding carboxylic acids is 1. The number of rotatable bonds is 10. The van der Waals surface area contributed by atoms with Gasteiger partial charge in [0.05, 0.1) is 18.9 Å². The number of hydrogen-bond donors (Lipinski definition) is 1. The van der Waals surface area contributed by atoms with Crippen LogP contribution in [0.2, 0.25) is 0 Å². The van der Waals surface area contributed by atoms with E-state index in [1.165, 1.54) is 35.5 Å². The Morgan fingerprint density at radius 1 is 0.750 bits per heavy atom. The van der Waals surface area contributed by atoms with Crippen molar-refractivity contribution in [2.24, 2.45) is 11.8 Å². The highest BCUT2D eigenvalue weighted by Gasteiger charge is 2.29. The van der Waals surface area contributed by atoms with Crippen molar-refractivity contribution in [1.82, 2.24) is 0 Å². The summed E-state index contributed by atoms with van der Waals surface area (Å²) in [6, 6.07) is 19.0. The van der Waals surface area contributed by atoms with Crippen LogP contribution in [-0.4, -0.2) is 38.0 Å². The van der Waals surface area contributed by atoms with E-state index in [9.17, 15) is 22.4 Å². The molecule has 0 radical (unpaired) electrons. The van der Waals surface area contributed by atoms with Crippen LogP contribution >= 0.6 is 12.4 Å². The van der Waals surface area contributed by atoms with Crippen molar-refractivity contribution < 1.29 is 36.6 Å². The Morgan fingerprint density at radius 2 is 1.29 bits per heavy atom. The minimum Gasteiger partial charge on any atom is -0.493 e. The molecule has 2 unspecified atom stereocenters. The molecular weight excluding hydrogens is 696 g/mol. The van der Waals surface area contributed by atoms with Crippen LogP contribution in [0, 0.1) is 35.1 Å². The molecule has 6 nitrogen and oxygen atoms in total. The van der Waals surface area contributed by atoms with Gasteiger partial charge in [-0.1, -0.05) is 26.0 Å². The maximum absolute atomic E-state index is 13.8. The van der Waals surface area contributed by atoms with E-state index < -0.39 is 28.9 Å². The Hall–Kier alpha value is -4.44. The predicted octanol–water partition coefficient (Wildman–Crippen LogP) is 10.1. The number of benzene rings is 4. The number of ether oxygens (including phenoxy) is 3. The summed E-state index contributed by atoms with van der Waals surface area (Å²) in [6.45, 7) is 12.0. The highest BCUT2D eigenvalue weighted by atomic mass is 35.5. The highest BCUT2D eigenvalue weighted by molar-refractivity contribution is 5.90. The molecular formula is C41H47ClF4N2O4. The molecule has 4 aromatic rings. The average molecular weight is 743 g/mol. The molecule has 1 amide bonds. The minimum absolute atomic E-state index is 0. The normalized spacial score (nSPS) is 14.1. The topological polar surface area (TPSA) is 60.0 Å². The van der Waals surface area contributed by atoms with Crippen LogP contribution in [0.3, 0.4) is 0 Å². The summed E-state index contributed by atoms with van der Waals surface area (Å²) in [6.07, 6.45) is 2.40. The van der Waals surface area contributed by atoms with Gasteiger partial charge >= 0.3 is 6.09 Å². The van der Waals surface area contributed by atoms with Gasteiger partial charge in [0, 0.05) is 30.9 Å². The molecule has 2 atom stereocenters. The molecule has 6 rings (SSSR count). The van der Waals surface area contributed by atoms with Gasteiger partial charge in [-0.15, -0.1) is 12.4 Å². The number of nitrogens with zero attached hydrogens (tertiary/aromatic N) is 1. The third kappa shape index (κ3) is 11.3. The van der Waals surface area contributed by atoms with Gasteiger partial charge in [0.15, 0.2) is 0 Å². The fourth-order valence-corrected chi connectivity index (χ4v) is 6.07. The fraction of sp³-hybridized carbons (Fsp3) is 0.390. The van der Waals surface area contributed by atoms with E-state index in [1.807, 2.05) is 65.0 Å². The van der Waals surface area contributed by atoms with Gasteiger partial charge in [-0.3, -0.25) is 4.90 Å². The Labute approximate surface area is 309 Å². The zero-order valence-electron chi connectivity index (χ0n) is 30.2. The van der Waals surface area contributed by atoms with Crippen molar-refractivity contribution in [3.63, 3.8) is 0 Å². The van der Waals surface area contributed by atoms with E-state index in [4.69, 9.17) is 14.2 Å². The largest absolute Gasteiger partial charge is 0.493 e. The number of nitrogens with one attached hydrogen (secondary N) is 1. The summed E-state index contributed by atoms with van der Waals surface area (Å²) in [4.78, 5) is 14.0. The maximum Gasteiger partial charge on any atom is 0.414 e. The molecule has 1 N–H and O–H groups in total. The van der Waals surface area contributed by atoms with E-state index in [-0.39, 0.29) is 30.3 Å². The van der Waals surface area contributed by atoms with Crippen LogP contribution in [0.1, 0.15) is 56.9 Å². The van der Waals surface area contributed by atoms with Gasteiger partial charge in [0.1, 0.15) is 40.4 Å². The number of carbonyl (C=O) groups is 1. The summed E-state index contributed by atoms with van der Waals surface area (Å²) in [5.74, 6) is -0.388. The van der Waals surface area contributed by atoms with Gasteiger partial charge in [0.2, 0.25) is 0 Å². The Morgan fingerprint density at radius 3 is 1.83 bits per heavy atom. The second-order valence-electron chi connectivity index (χ2n) is 14.4. The number of amides is 1. The van der Waals surface area contributed by atoms with E-state index in [0.29, 0.717) is 49.5 Å². The van der Waals surface area contributed by atoms with Gasteiger partial charge < -0.3 is 19.5 Å². The van der Waals surface area contributed by atoms with Crippen molar-refractivity contribution in [3.05, 3.63) is 118 Å². The Kier molecular flexibility index (Phi) is 13.9. The highest BCUT2D eigenvalue weighted by Crippen LogP contribution is 2.33. The van der Waals surface area contributed by atoms with Crippen molar-refractivity contribution in [2.45, 2.75) is 65.9 Å². The fourth-order valence-electron chi connectivity index (χ4n) is 6.07. The number of anilines is 2. The Bertz CT molecular complexity index is 1830. The lowest BCUT2D eigenvalue weighted by Gasteiger charge is -2.24. The monoisotopic (exact) mass is 742 g/mol. The molecule has 0 saturated heterocycles. The first-order valence-electron chi connectivity index (χ1n) is 17.4. The van der Waals surface area contributed by atoms with Crippen LogP contribution in [-0.2, 0) is 30.4 Å². The molecule has 2 aliphatic heterocycles. The third-order valence-electron chi connectivity index (χ3n) is 8.58. The molecule has 0 aliphatic carbocycles. The first-order valence-corrected chi connectivity index (χ1v) is 17.4. The summed E-state index contributed by atoms with van der Waals surface area (Å²) in [5, 5.41) is 3.31. The molecule has 0 fully saturated rings. The zero-order valence-corrected chi connectivity index (χ0v) is 31.1. The lowest BCUT2D eigenvalue weighted by atomic mass is 10.0. The molecule has 0 bridgehead atoms. The van der Waals surface area contributed by atoms with Crippen molar-refractivity contribution in [2.75, 3.05) is 36.5 Å². The predicted molar refractivity (Wildman–Crippen MR) is 199 cm³/mol. The molecule has 0 saturated carbocycles. The smallest absolute Gasteiger partial charge is 0.414 e. The molecule has 52 heavy (non-hydrogen) atoms. The lowest BCUT2D eigenvalue weighted by Crippen LogP contribution is -2.35. The van der Waals surface area contributed by atoms with Crippen molar-refractivity contribution in [1.29, 1.82) is 0 Å². The zero-order chi connectivity index (χ0) is 36.7. The van der Waals surface area contributed by atoms with Crippen molar-refractivity contribution in [3.8, 4) is 11.5 Å². The molecule has 11 heteroatoms. The SMILES string of the molecule is CC(COc1ccc2c(c1)CCN2)Cc1ccc(F)cc1F.CC(COc1ccc2c(c1)CCN2C(=O)OC(C)(C)C)Cc1ccc(F)cc1F.Cl.